The summed E-state index contributed by atoms with van der Waals surface area (Å²) >= 11 is 0. The number of likely N-dealkylation sites (tertiary alicyclic amines) is 1. The van der Waals surface area contributed by atoms with Crippen molar-refractivity contribution in [1.82, 2.24) is 25.2 Å². The first kappa shape index (κ1) is 22.6. The molecule has 1 aromatic rings. The Labute approximate surface area is 179 Å². The third-order valence-corrected chi connectivity index (χ3v) is 6.61. The van der Waals surface area contributed by atoms with Gasteiger partial charge >= 0.3 is 6.03 Å². The maximum atomic E-state index is 12.7. The lowest BCUT2D eigenvalue weighted by Gasteiger charge is -2.43. The molecule has 0 aromatic carbocycles. The van der Waals surface area contributed by atoms with Gasteiger partial charge in [-0.2, -0.15) is 0 Å². The Balaban J connectivity index is 1.44. The van der Waals surface area contributed by atoms with Crippen LogP contribution in [0.3, 0.4) is 0 Å². The molecule has 3 heterocycles. The van der Waals surface area contributed by atoms with Crippen molar-refractivity contribution in [3.05, 3.63) is 17.0 Å². The predicted octanol–water partition coefficient (Wildman–Crippen LogP) is 2.20. The van der Waals surface area contributed by atoms with Crippen LogP contribution in [0.5, 0.6) is 0 Å². The van der Waals surface area contributed by atoms with Crippen molar-refractivity contribution in [2.45, 2.75) is 59.4 Å². The Morgan fingerprint density at radius 2 is 1.80 bits per heavy atom. The summed E-state index contributed by atoms with van der Waals surface area (Å²) in [7, 11) is 0. The van der Waals surface area contributed by atoms with Gasteiger partial charge in [-0.15, -0.1) is 0 Å². The van der Waals surface area contributed by atoms with E-state index >= 15 is 0 Å². The standard InChI is InChI=1S/C22H37N5O3/c1-16-7-6-8-27(14-16)22(4,5)15-23-21(29)26-11-9-25(10-12-26)20(28)13-19-17(2)24-30-18(19)3/h16H,6-15H2,1-5H3,(H,23,29). The molecule has 0 radical (unpaired) electrons. The fourth-order valence-electron chi connectivity index (χ4n) is 4.43. The molecule has 2 fully saturated rings. The lowest BCUT2D eigenvalue weighted by molar-refractivity contribution is -0.131. The summed E-state index contributed by atoms with van der Waals surface area (Å²) in [5, 5.41) is 7.04. The Morgan fingerprint density at radius 1 is 1.13 bits per heavy atom. The van der Waals surface area contributed by atoms with Crippen LogP contribution in [0.4, 0.5) is 4.79 Å². The molecule has 2 aliphatic heterocycles. The van der Waals surface area contributed by atoms with Crippen LogP contribution in [0.25, 0.3) is 0 Å². The molecular weight excluding hydrogens is 382 g/mol. The highest BCUT2D eigenvalue weighted by atomic mass is 16.5. The molecule has 3 amide bonds. The van der Waals surface area contributed by atoms with E-state index in [9.17, 15) is 9.59 Å². The Morgan fingerprint density at radius 3 is 2.40 bits per heavy atom. The molecule has 1 atom stereocenters. The van der Waals surface area contributed by atoms with Crippen molar-refractivity contribution in [1.29, 1.82) is 0 Å². The number of piperidine rings is 1. The van der Waals surface area contributed by atoms with Crippen molar-refractivity contribution in [3.8, 4) is 0 Å². The van der Waals surface area contributed by atoms with E-state index in [0.29, 0.717) is 50.8 Å². The zero-order valence-corrected chi connectivity index (χ0v) is 19.2. The predicted molar refractivity (Wildman–Crippen MR) is 115 cm³/mol. The molecule has 0 aliphatic carbocycles. The van der Waals surface area contributed by atoms with Crippen LogP contribution in [0, 0.1) is 19.8 Å². The van der Waals surface area contributed by atoms with E-state index in [1.807, 2.05) is 23.6 Å². The minimum absolute atomic E-state index is 0.0362. The molecule has 0 bridgehead atoms. The summed E-state index contributed by atoms with van der Waals surface area (Å²) < 4.78 is 5.15. The monoisotopic (exact) mass is 419 g/mol. The molecule has 8 heteroatoms. The number of carbonyl (C=O) groups is 2. The van der Waals surface area contributed by atoms with E-state index < -0.39 is 0 Å². The zero-order chi connectivity index (χ0) is 21.9. The van der Waals surface area contributed by atoms with Crippen LogP contribution < -0.4 is 5.32 Å². The van der Waals surface area contributed by atoms with Crippen molar-refractivity contribution in [3.63, 3.8) is 0 Å². The maximum absolute atomic E-state index is 12.7. The topological polar surface area (TPSA) is 81.9 Å². The second-order valence-corrected chi connectivity index (χ2v) is 9.51. The first-order valence-electron chi connectivity index (χ1n) is 11.1. The Hall–Kier alpha value is -2.09. The zero-order valence-electron chi connectivity index (χ0n) is 19.2. The molecule has 1 unspecified atom stereocenters. The van der Waals surface area contributed by atoms with E-state index in [2.05, 4.69) is 36.1 Å². The first-order chi connectivity index (χ1) is 14.2. The summed E-state index contributed by atoms with van der Waals surface area (Å²) in [6.07, 6.45) is 2.82. The molecule has 1 N–H and O–H groups in total. The minimum atomic E-state index is -0.0591. The van der Waals surface area contributed by atoms with E-state index in [-0.39, 0.29) is 17.5 Å². The van der Waals surface area contributed by atoms with Gasteiger partial charge < -0.3 is 19.6 Å². The number of aromatic nitrogens is 1. The van der Waals surface area contributed by atoms with Crippen LogP contribution in [0.15, 0.2) is 4.52 Å². The van der Waals surface area contributed by atoms with Gasteiger partial charge in [0, 0.05) is 50.4 Å². The van der Waals surface area contributed by atoms with Gasteiger partial charge in [0.05, 0.1) is 12.1 Å². The van der Waals surface area contributed by atoms with Crippen molar-refractivity contribution < 1.29 is 14.1 Å². The van der Waals surface area contributed by atoms with Gasteiger partial charge in [-0.05, 0) is 53.0 Å². The molecular formula is C22H37N5O3. The van der Waals surface area contributed by atoms with Crippen LogP contribution >= 0.6 is 0 Å². The molecule has 3 rings (SSSR count). The van der Waals surface area contributed by atoms with Crippen molar-refractivity contribution in [2.24, 2.45) is 5.92 Å². The van der Waals surface area contributed by atoms with Gasteiger partial charge in [-0.1, -0.05) is 12.1 Å². The van der Waals surface area contributed by atoms with Gasteiger partial charge in [-0.25, -0.2) is 4.79 Å². The summed E-state index contributed by atoms with van der Waals surface area (Å²) in [5.74, 6) is 1.47. The Bertz CT molecular complexity index is 732. The number of nitrogens with zero attached hydrogens (tertiary/aromatic N) is 4. The van der Waals surface area contributed by atoms with Crippen LogP contribution in [-0.4, -0.2) is 83.1 Å². The second-order valence-electron chi connectivity index (χ2n) is 9.51. The number of piperazine rings is 1. The van der Waals surface area contributed by atoms with E-state index in [1.165, 1.54) is 12.8 Å². The average molecular weight is 420 g/mol. The molecule has 8 nitrogen and oxygen atoms in total. The fourth-order valence-corrected chi connectivity index (χ4v) is 4.43. The average Bonchev–Trinajstić information content (AvgIpc) is 3.04. The number of hydrogen-bond acceptors (Lipinski definition) is 5. The molecule has 0 saturated carbocycles. The maximum Gasteiger partial charge on any atom is 0.317 e. The third kappa shape index (κ3) is 5.33. The Kier molecular flexibility index (Phi) is 7.06. The highest BCUT2D eigenvalue weighted by molar-refractivity contribution is 5.80. The number of nitrogens with one attached hydrogen (secondary N) is 1. The number of rotatable bonds is 5. The summed E-state index contributed by atoms with van der Waals surface area (Å²) in [5.41, 5.74) is 1.58. The largest absolute Gasteiger partial charge is 0.361 e. The van der Waals surface area contributed by atoms with Gasteiger partial charge in [0.1, 0.15) is 5.76 Å². The molecule has 2 saturated heterocycles. The smallest absolute Gasteiger partial charge is 0.317 e. The van der Waals surface area contributed by atoms with Gasteiger partial charge in [0.15, 0.2) is 0 Å². The van der Waals surface area contributed by atoms with Crippen molar-refractivity contribution in [2.75, 3.05) is 45.8 Å². The summed E-state index contributed by atoms with van der Waals surface area (Å²) in [6, 6.07) is -0.0362. The van der Waals surface area contributed by atoms with E-state index in [0.717, 1.165) is 24.3 Å². The van der Waals surface area contributed by atoms with Gasteiger partial charge in [0.2, 0.25) is 5.91 Å². The summed E-state index contributed by atoms with van der Waals surface area (Å²) in [6.45, 7) is 15.4. The number of urea groups is 1. The van der Waals surface area contributed by atoms with E-state index in [1.54, 1.807) is 0 Å². The highest BCUT2D eigenvalue weighted by Crippen LogP contribution is 2.23. The normalized spacial score (nSPS) is 21.0. The first-order valence-corrected chi connectivity index (χ1v) is 11.1. The minimum Gasteiger partial charge on any atom is -0.361 e. The lowest BCUT2D eigenvalue weighted by Crippen LogP contribution is -2.58. The molecule has 0 spiro atoms. The fraction of sp³-hybridized carbons (Fsp3) is 0.773. The highest BCUT2D eigenvalue weighted by Gasteiger charge is 2.32. The molecule has 30 heavy (non-hydrogen) atoms. The van der Waals surface area contributed by atoms with Gasteiger partial charge in [0.25, 0.3) is 0 Å². The number of carbonyl (C=O) groups excluding carboxylic acids is 2. The number of hydrogen-bond donors (Lipinski definition) is 1. The molecule has 168 valence electrons. The third-order valence-electron chi connectivity index (χ3n) is 6.61. The summed E-state index contributed by atoms with van der Waals surface area (Å²) in [4.78, 5) is 31.5. The van der Waals surface area contributed by atoms with Crippen molar-refractivity contribution >= 4 is 11.9 Å². The number of aryl methyl sites for hydroxylation is 2. The lowest BCUT2D eigenvalue weighted by atomic mass is 9.93. The number of amides is 3. The molecule has 2 aliphatic rings. The van der Waals surface area contributed by atoms with Crippen LogP contribution in [0.2, 0.25) is 0 Å². The second kappa shape index (κ2) is 9.37. The van der Waals surface area contributed by atoms with Gasteiger partial charge in [-0.3, -0.25) is 9.69 Å². The quantitative estimate of drug-likeness (QED) is 0.791. The molecule has 1 aromatic heterocycles. The van der Waals surface area contributed by atoms with Crippen LogP contribution in [0.1, 0.15) is 50.6 Å². The SMILES string of the molecule is Cc1noc(C)c1CC(=O)N1CCN(C(=O)NCC(C)(C)N2CCCC(C)C2)CC1. The van der Waals surface area contributed by atoms with Crippen LogP contribution in [-0.2, 0) is 11.2 Å². The van der Waals surface area contributed by atoms with E-state index in [4.69, 9.17) is 4.52 Å².